The van der Waals surface area contributed by atoms with E-state index in [1.807, 2.05) is 74.5 Å². The Kier molecular flexibility index (Phi) is 14.9. The first-order chi connectivity index (χ1) is 36.4. The van der Waals surface area contributed by atoms with Crippen molar-refractivity contribution in [1.29, 1.82) is 0 Å². The number of benzene rings is 4. The van der Waals surface area contributed by atoms with Gasteiger partial charge in [0.15, 0.2) is 0 Å². The summed E-state index contributed by atoms with van der Waals surface area (Å²) in [6.45, 7) is 13.5. The number of anilines is 5. The fraction of sp³-hybridized carbons (Fsp3) is 0.214. The van der Waals surface area contributed by atoms with Crippen molar-refractivity contribution in [2.24, 2.45) is 0 Å². The van der Waals surface area contributed by atoms with E-state index < -0.39 is 0 Å². The number of pyridine rings is 4. The number of hydrogen-bond acceptors (Lipinski definition) is 16. The average molecular weight is 1030 g/mol. The van der Waals surface area contributed by atoms with E-state index in [0.29, 0.717) is 69.9 Å². The number of hydrogen-bond donors (Lipinski definition) is 2. The molecule has 0 saturated carbocycles. The fourth-order valence-corrected chi connectivity index (χ4v) is 9.09. The summed E-state index contributed by atoms with van der Waals surface area (Å²) in [6.07, 6.45) is 3.42. The normalized spacial score (nSPS) is 13.5. The van der Waals surface area contributed by atoms with Gasteiger partial charge in [-0.2, -0.15) is 0 Å². The highest BCUT2D eigenvalue weighted by Gasteiger charge is 2.20. The zero-order chi connectivity index (χ0) is 52.0. The number of nitrogen functional groups attached to an aromatic ring is 1. The number of morpholine rings is 2. The number of aromatic nitrogens is 8. The summed E-state index contributed by atoms with van der Waals surface area (Å²) in [4.78, 5) is 22.5. The molecule has 0 atom stereocenters. The summed E-state index contributed by atoms with van der Waals surface area (Å²) < 4.78 is 49.6. The molecule has 0 amide bonds. The van der Waals surface area contributed by atoms with Crippen LogP contribution in [0.3, 0.4) is 0 Å². The maximum atomic E-state index is 14.2. The van der Waals surface area contributed by atoms with E-state index in [2.05, 4.69) is 62.6 Å². The lowest BCUT2D eigenvalue weighted by atomic mass is 10.0. The molecular weight excluding hydrogens is 978 g/mol. The van der Waals surface area contributed by atoms with E-state index in [1.165, 1.54) is 24.3 Å². The predicted octanol–water partition coefficient (Wildman–Crippen LogP) is 11.5. The standard InChI is InChI=1S/C28H25FN6O2.C15H10ClFN2.C13H16N4O2/c1-17-26(23-7-6-20(29)15-25(23)32-27(17)24-5-3-4-8-30-24)31-21-13-19(28-34-33-18(2)37-28)14-22(16-21)35-9-11-36-12-10-35;1-9-14(16)11-6-5-10(17)8-13(11)19-15(9)12-4-2-3-7-18-12;1-9-15-16-13(19-9)10-6-11(14)8-12(7-10)17-2-4-18-5-3-17/h3-8,13-16H,9-12H2,1-2H3,(H,31,32);2-8H,1H3;6-8H,2-5,14H2,1H3. The summed E-state index contributed by atoms with van der Waals surface area (Å²) in [6, 6.07) is 32.3. The van der Waals surface area contributed by atoms with E-state index in [4.69, 9.17) is 40.6 Å². The maximum absolute atomic E-state index is 14.2. The lowest BCUT2D eigenvalue weighted by Gasteiger charge is -2.29. The first kappa shape index (κ1) is 50.1. The second-order valence-corrected chi connectivity index (χ2v) is 18.1. The number of halogens is 3. The van der Waals surface area contributed by atoms with Gasteiger partial charge in [0, 0.05) is 115 Å². The minimum Gasteiger partial charge on any atom is -0.421 e. The third kappa shape index (κ3) is 11.5. The van der Waals surface area contributed by atoms with E-state index >= 15 is 0 Å². The molecule has 0 unspecified atom stereocenters. The van der Waals surface area contributed by atoms with Crippen molar-refractivity contribution in [3.8, 4) is 45.7 Å². The van der Waals surface area contributed by atoms with E-state index in [-0.39, 0.29) is 11.6 Å². The van der Waals surface area contributed by atoms with Gasteiger partial charge in [0.1, 0.15) is 11.6 Å². The molecule has 10 aromatic rings. The zero-order valence-corrected chi connectivity index (χ0v) is 42.3. The SMILES string of the molecule is Cc1c(-c2ccccn2)nc2cc(F)ccc2c1Cl.Cc1nnc(-c2cc(N)cc(N3CCOCC3)c2)o1.Cc1nnc(-c2cc(Nc3c(C)c(-c4ccccn4)nc4cc(F)ccc34)cc(N3CCOCC3)c2)o1. The number of rotatable bonds is 8. The van der Waals surface area contributed by atoms with Gasteiger partial charge < -0.3 is 39.2 Å². The molecule has 0 bridgehead atoms. The molecule has 19 heteroatoms. The van der Waals surface area contributed by atoms with Crippen LogP contribution in [0.25, 0.3) is 67.5 Å². The summed E-state index contributed by atoms with van der Waals surface area (Å²) in [7, 11) is 0. The van der Waals surface area contributed by atoms with Crippen molar-refractivity contribution in [2.45, 2.75) is 27.7 Å². The van der Waals surface area contributed by atoms with Crippen LogP contribution < -0.4 is 20.9 Å². The molecule has 16 nitrogen and oxygen atoms in total. The molecule has 8 heterocycles. The average Bonchev–Trinajstić information content (AvgIpc) is 4.09. The van der Waals surface area contributed by atoms with Gasteiger partial charge in [0.05, 0.1) is 70.9 Å². The van der Waals surface area contributed by atoms with Gasteiger partial charge in [-0.1, -0.05) is 23.7 Å². The number of nitrogens with one attached hydrogen (secondary N) is 1. The Morgan fingerprint density at radius 2 is 1.07 bits per heavy atom. The molecule has 75 heavy (non-hydrogen) atoms. The van der Waals surface area contributed by atoms with Gasteiger partial charge in [-0.15, -0.1) is 20.4 Å². The molecule has 0 aliphatic carbocycles. The Labute approximate surface area is 435 Å². The summed E-state index contributed by atoms with van der Waals surface area (Å²) in [5.74, 6) is 1.32. The first-order valence-corrected chi connectivity index (χ1v) is 24.6. The Hall–Kier alpha value is -8.45. The molecule has 2 fully saturated rings. The Bertz CT molecular complexity index is 3630. The molecule has 2 aliphatic heterocycles. The largest absolute Gasteiger partial charge is 0.421 e. The third-order valence-corrected chi connectivity index (χ3v) is 13.0. The molecule has 4 aromatic carbocycles. The van der Waals surface area contributed by atoms with Crippen molar-refractivity contribution in [3.63, 3.8) is 0 Å². The van der Waals surface area contributed by atoms with Crippen molar-refractivity contribution in [3.05, 3.63) is 161 Å². The van der Waals surface area contributed by atoms with E-state index in [0.717, 1.165) is 107 Å². The minimum absolute atomic E-state index is 0.327. The molecule has 12 rings (SSSR count). The highest BCUT2D eigenvalue weighted by Crippen LogP contribution is 2.38. The van der Waals surface area contributed by atoms with Crippen LogP contribution in [0.5, 0.6) is 0 Å². The van der Waals surface area contributed by atoms with Gasteiger partial charge in [-0.05, 0) is 104 Å². The van der Waals surface area contributed by atoms with Crippen LogP contribution in [0.15, 0.2) is 130 Å². The summed E-state index contributed by atoms with van der Waals surface area (Å²) in [5, 5.41) is 21.9. The molecule has 380 valence electrons. The molecule has 3 N–H and O–H groups in total. The lowest BCUT2D eigenvalue weighted by Crippen LogP contribution is -2.36. The predicted molar refractivity (Wildman–Crippen MR) is 287 cm³/mol. The number of nitrogens with zero attached hydrogens (tertiary/aromatic N) is 10. The lowest BCUT2D eigenvalue weighted by molar-refractivity contribution is 0.122. The topological polar surface area (TPSA) is 192 Å². The molecule has 6 aromatic heterocycles. The number of fused-ring (bicyclic) bond motifs is 2. The smallest absolute Gasteiger partial charge is 0.247 e. The van der Waals surface area contributed by atoms with Crippen LogP contribution in [0.4, 0.5) is 37.2 Å². The van der Waals surface area contributed by atoms with Gasteiger partial charge >= 0.3 is 0 Å². The van der Waals surface area contributed by atoms with Crippen LogP contribution >= 0.6 is 11.6 Å². The van der Waals surface area contributed by atoms with Crippen molar-refractivity contribution < 1.29 is 27.1 Å². The van der Waals surface area contributed by atoms with E-state index in [9.17, 15) is 8.78 Å². The van der Waals surface area contributed by atoms with Crippen molar-refractivity contribution in [2.75, 3.05) is 73.5 Å². The molecule has 0 spiro atoms. The Morgan fingerprint density at radius 3 is 1.59 bits per heavy atom. The number of nitrogens with two attached hydrogens (primary N) is 1. The molecular formula is C56H51ClF2N12O4. The maximum Gasteiger partial charge on any atom is 0.247 e. The second-order valence-electron chi connectivity index (χ2n) is 17.8. The zero-order valence-electron chi connectivity index (χ0n) is 41.5. The van der Waals surface area contributed by atoms with Gasteiger partial charge in [0.2, 0.25) is 23.6 Å². The van der Waals surface area contributed by atoms with Crippen LogP contribution in [-0.2, 0) is 9.47 Å². The summed E-state index contributed by atoms with van der Waals surface area (Å²) in [5.41, 5.74) is 17.7. The highest BCUT2D eigenvalue weighted by atomic mass is 35.5. The Morgan fingerprint density at radius 1 is 0.560 bits per heavy atom. The monoisotopic (exact) mass is 1030 g/mol. The van der Waals surface area contributed by atoms with Crippen molar-refractivity contribution in [1.82, 2.24) is 40.3 Å². The fourth-order valence-electron chi connectivity index (χ4n) is 8.84. The van der Waals surface area contributed by atoms with Gasteiger partial charge in [-0.25, -0.2) is 18.7 Å². The van der Waals surface area contributed by atoms with Crippen LogP contribution in [0.2, 0.25) is 5.02 Å². The second kappa shape index (κ2) is 22.3. The van der Waals surface area contributed by atoms with Gasteiger partial charge in [0.25, 0.3) is 0 Å². The number of aryl methyl sites for hydroxylation is 2. The first-order valence-electron chi connectivity index (χ1n) is 24.2. The number of ether oxygens (including phenoxy) is 2. The van der Waals surface area contributed by atoms with Crippen LogP contribution in [0.1, 0.15) is 22.9 Å². The third-order valence-electron chi connectivity index (χ3n) is 12.5. The highest BCUT2D eigenvalue weighted by molar-refractivity contribution is 6.36. The summed E-state index contributed by atoms with van der Waals surface area (Å²) >= 11 is 6.34. The van der Waals surface area contributed by atoms with E-state index in [1.54, 1.807) is 38.4 Å². The van der Waals surface area contributed by atoms with Crippen LogP contribution in [-0.4, -0.2) is 92.9 Å². The van der Waals surface area contributed by atoms with Gasteiger partial charge in [-0.3, -0.25) is 9.97 Å². The molecule has 0 radical (unpaired) electrons. The Balaban J connectivity index is 0.000000142. The molecule has 2 aliphatic rings. The minimum atomic E-state index is -0.342. The van der Waals surface area contributed by atoms with Crippen molar-refractivity contribution >= 4 is 61.8 Å². The van der Waals surface area contributed by atoms with Crippen LogP contribution in [0, 0.1) is 39.3 Å². The quantitative estimate of drug-likeness (QED) is 0.136. The molecule has 2 saturated heterocycles.